The first-order valence-electron chi connectivity index (χ1n) is 8.71. The number of aliphatic imine (C=N–C) groups is 1. The number of thioether (sulfide) groups is 1. The van der Waals surface area contributed by atoms with Crippen molar-refractivity contribution in [2.45, 2.75) is 44.7 Å². The molecule has 0 aliphatic heterocycles. The Balaban J connectivity index is 1.81. The molecule has 2 N–H and O–H groups in total. The van der Waals surface area contributed by atoms with E-state index in [9.17, 15) is 0 Å². The zero-order valence-electron chi connectivity index (χ0n) is 15.3. The van der Waals surface area contributed by atoms with Crippen LogP contribution in [0.1, 0.15) is 30.9 Å². The van der Waals surface area contributed by atoms with E-state index in [0.29, 0.717) is 6.54 Å². The van der Waals surface area contributed by atoms with Crippen molar-refractivity contribution in [1.29, 1.82) is 0 Å². The van der Waals surface area contributed by atoms with Gasteiger partial charge < -0.3 is 15.2 Å². The molecule has 7 heteroatoms. The van der Waals surface area contributed by atoms with Gasteiger partial charge in [-0.2, -0.15) is 0 Å². The molecule has 136 valence electrons. The van der Waals surface area contributed by atoms with Gasteiger partial charge in [0.25, 0.3) is 0 Å². The van der Waals surface area contributed by atoms with Crippen molar-refractivity contribution in [3.63, 3.8) is 0 Å². The Hall–Kier alpha value is -2.02. The molecule has 2 aromatic rings. The van der Waals surface area contributed by atoms with Gasteiger partial charge in [-0.15, -0.1) is 22.0 Å². The number of hydrogen-bond donors (Lipinski definition) is 2. The number of benzene rings is 1. The maximum atomic E-state index is 4.73. The molecule has 0 aliphatic rings. The average Bonchev–Trinajstić information content (AvgIpc) is 3.13. The lowest BCUT2D eigenvalue weighted by molar-refractivity contribution is 0.597. The van der Waals surface area contributed by atoms with Crippen molar-refractivity contribution in [3.8, 4) is 0 Å². The number of hydrogen-bond acceptors (Lipinski definition) is 4. The third kappa shape index (κ3) is 6.78. The van der Waals surface area contributed by atoms with E-state index < -0.39 is 0 Å². The highest BCUT2D eigenvalue weighted by atomic mass is 32.2. The summed E-state index contributed by atoms with van der Waals surface area (Å²) in [4.78, 5) is 6.02. The van der Waals surface area contributed by atoms with E-state index in [-0.39, 0.29) is 0 Å². The van der Waals surface area contributed by atoms with Crippen molar-refractivity contribution in [2.75, 3.05) is 19.3 Å². The molecule has 2 rings (SSSR count). The average molecular weight is 361 g/mol. The number of unbranched alkanes of at least 4 members (excludes halogenated alkanes) is 1. The minimum absolute atomic E-state index is 0.687. The topological polar surface area (TPSA) is 67.1 Å². The van der Waals surface area contributed by atoms with Gasteiger partial charge in [0.15, 0.2) is 5.96 Å². The molecule has 0 bridgehead atoms. The van der Waals surface area contributed by atoms with Gasteiger partial charge in [-0.1, -0.05) is 12.1 Å². The number of aromatic nitrogens is 3. The Labute approximate surface area is 154 Å². The fraction of sp³-hybridized carbons (Fsp3) is 0.500. The Morgan fingerprint density at radius 2 is 2.00 bits per heavy atom. The molecule has 0 spiro atoms. The van der Waals surface area contributed by atoms with Crippen LogP contribution in [0, 0.1) is 6.92 Å². The Morgan fingerprint density at radius 1 is 1.20 bits per heavy atom. The van der Waals surface area contributed by atoms with E-state index in [1.165, 1.54) is 16.0 Å². The zero-order valence-corrected chi connectivity index (χ0v) is 16.1. The van der Waals surface area contributed by atoms with Crippen LogP contribution in [0.3, 0.4) is 0 Å². The van der Waals surface area contributed by atoms with Crippen molar-refractivity contribution in [1.82, 2.24) is 25.4 Å². The molecule has 25 heavy (non-hydrogen) atoms. The van der Waals surface area contributed by atoms with Gasteiger partial charge in [-0.3, -0.25) is 0 Å². The summed E-state index contributed by atoms with van der Waals surface area (Å²) < 4.78 is 2.00. The number of rotatable bonds is 9. The number of aryl methyl sites for hydroxylation is 2. The third-order valence-electron chi connectivity index (χ3n) is 3.80. The highest BCUT2D eigenvalue weighted by Gasteiger charge is 2.03. The molecule has 1 aromatic heterocycles. The Morgan fingerprint density at radius 3 is 2.72 bits per heavy atom. The highest BCUT2D eigenvalue weighted by Crippen LogP contribution is 2.22. The van der Waals surface area contributed by atoms with Gasteiger partial charge in [-0.05, 0) is 50.1 Å². The molecule has 0 fully saturated rings. The lowest BCUT2D eigenvalue weighted by atomic mass is 10.1. The summed E-state index contributed by atoms with van der Waals surface area (Å²) in [6, 6.07) is 6.55. The molecule has 0 atom stereocenters. The number of guanidine groups is 1. The molecule has 0 unspecified atom stereocenters. The number of nitrogens with zero attached hydrogens (tertiary/aromatic N) is 4. The van der Waals surface area contributed by atoms with E-state index in [1.807, 2.05) is 4.57 Å². The van der Waals surface area contributed by atoms with Crippen LogP contribution in [0.4, 0.5) is 0 Å². The normalized spacial score (nSPS) is 11.6. The van der Waals surface area contributed by atoms with Gasteiger partial charge >= 0.3 is 0 Å². The van der Waals surface area contributed by atoms with Crippen LogP contribution in [0.15, 0.2) is 40.7 Å². The van der Waals surface area contributed by atoms with Gasteiger partial charge in [0, 0.05) is 24.5 Å². The van der Waals surface area contributed by atoms with Crippen LogP contribution in [0.25, 0.3) is 0 Å². The standard InChI is InChI=1S/C18H28N6S/c1-4-19-18(20-9-5-6-10-24-13-22-23-14-24)21-12-16-8-7-15(2)11-17(16)25-3/h7-8,11,13-14H,4-6,9-10,12H2,1-3H3,(H2,19,20,21). The van der Waals surface area contributed by atoms with Crippen LogP contribution in [0.5, 0.6) is 0 Å². The molecule has 0 amide bonds. The third-order valence-corrected chi connectivity index (χ3v) is 4.62. The molecule has 0 saturated heterocycles. The van der Waals surface area contributed by atoms with E-state index >= 15 is 0 Å². The van der Waals surface area contributed by atoms with Crippen LogP contribution in [0.2, 0.25) is 0 Å². The minimum atomic E-state index is 0.687. The maximum absolute atomic E-state index is 4.73. The number of nitrogens with one attached hydrogen (secondary N) is 2. The smallest absolute Gasteiger partial charge is 0.191 e. The second-order valence-corrected chi connectivity index (χ2v) is 6.69. The van der Waals surface area contributed by atoms with Crippen molar-refractivity contribution < 1.29 is 0 Å². The summed E-state index contributed by atoms with van der Waals surface area (Å²) >= 11 is 1.78. The summed E-state index contributed by atoms with van der Waals surface area (Å²) in [5.41, 5.74) is 2.55. The summed E-state index contributed by atoms with van der Waals surface area (Å²) in [6.45, 7) is 7.60. The van der Waals surface area contributed by atoms with Gasteiger partial charge in [-0.25, -0.2) is 4.99 Å². The first-order chi connectivity index (χ1) is 12.2. The van der Waals surface area contributed by atoms with Crippen LogP contribution in [-0.4, -0.2) is 40.1 Å². The van der Waals surface area contributed by atoms with Gasteiger partial charge in [0.1, 0.15) is 12.7 Å². The summed E-state index contributed by atoms with van der Waals surface area (Å²) in [5.74, 6) is 0.874. The lowest BCUT2D eigenvalue weighted by Crippen LogP contribution is -2.37. The molecule has 6 nitrogen and oxygen atoms in total. The molecule has 0 aliphatic carbocycles. The quantitative estimate of drug-likeness (QED) is 0.311. The lowest BCUT2D eigenvalue weighted by Gasteiger charge is -2.12. The van der Waals surface area contributed by atoms with E-state index in [4.69, 9.17) is 4.99 Å². The molecular weight excluding hydrogens is 332 g/mol. The van der Waals surface area contributed by atoms with Gasteiger partial charge in [0.2, 0.25) is 0 Å². The second kappa shape index (κ2) is 10.8. The molecule has 1 heterocycles. The fourth-order valence-electron chi connectivity index (χ4n) is 2.45. The predicted molar refractivity (Wildman–Crippen MR) is 105 cm³/mol. The van der Waals surface area contributed by atoms with Crippen molar-refractivity contribution >= 4 is 17.7 Å². The monoisotopic (exact) mass is 360 g/mol. The highest BCUT2D eigenvalue weighted by molar-refractivity contribution is 7.98. The van der Waals surface area contributed by atoms with E-state index in [1.54, 1.807) is 24.4 Å². The molecule has 1 aromatic carbocycles. The summed E-state index contributed by atoms with van der Waals surface area (Å²) in [7, 11) is 0. The Bertz CT molecular complexity index is 654. The van der Waals surface area contributed by atoms with Gasteiger partial charge in [0.05, 0.1) is 6.54 Å². The zero-order chi connectivity index (χ0) is 17.9. The second-order valence-electron chi connectivity index (χ2n) is 5.84. The fourth-order valence-corrected chi connectivity index (χ4v) is 3.15. The van der Waals surface area contributed by atoms with E-state index in [2.05, 4.69) is 59.1 Å². The Kier molecular flexibility index (Phi) is 8.31. The first-order valence-corrected chi connectivity index (χ1v) is 9.93. The van der Waals surface area contributed by atoms with Crippen molar-refractivity contribution in [2.24, 2.45) is 4.99 Å². The van der Waals surface area contributed by atoms with Crippen LogP contribution < -0.4 is 10.6 Å². The summed E-state index contributed by atoms with van der Waals surface area (Å²) in [6.07, 6.45) is 7.77. The van der Waals surface area contributed by atoms with Crippen LogP contribution >= 0.6 is 11.8 Å². The predicted octanol–water partition coefficient (Wildman–Crippen LogP) is 2.84. The SMILES string of the molecule is CCNC(=NCc1ccc(C)cc1SC)NCCCCn1cnnc1. The molecule has 0 radical (unpaired) electrons. The van der Waals surface area contributed by atoms with Crippen LogP contribution in [-0.2, 0) is 13.1 Å². The summed E-state index contributed by atoms with van der Waals surface area (Å²) in [5, 5.41) is 14.4. The van der Waals surface area contributed by atoms with Crippen molar-refractivity contribution in [3.05, 3.63) is 42.0 Å². The molecular formula is C18H28N6S. The van der Waals surface area contributed by atoms with E-state index in [0.717, 1.165) is 38.4 Å². The molecule has 0 saturated carbocycles. The first kappa shape index (κ1) is 19.3. The largest absolute Gasteiger partial charge is 0.357 e. The maximum Gasteiger partial charge on any atom is 0.191 e. The minimum Gasteiger partial charge on any atom is -0.357 e.